The van der Waals surface area contributed by atoms with Gasteiger partial charge in [-0.25, -0.2) is 4.98 Å². The van der Waals surface area contributed by atoms with E-state index >= 15 is 0 Å². The molecule has 1 aliphatic carbocycles. The minimum absolute atomic E-state index is 0.433. The third-order valence-electron chi connectivity index (χ3n) is 5.09. The summed E-state index contributed by atoms with van der Waals surface area (Å²) in [5, 5.41) is 14.4. The van der Waals surface area contributed by atoms with Crippen LogP contribution in [0.5, 0.6) is 5.88 Å². The van der Waals surface area contributed by atoms with Gasteiger partial charge in [-0.2, -0.15) is 10.1 Å². The van der Waals surface area contributed by atoms with Crippen LogP contribution in [0.1, 0.15) is 48.1 Å². The van der Waals surface area contributed by atoms with Gasteiger partial charge in [-0.3, -0.25) is 9.67 Å². The van der Waals surface area contributed by atoms with Crippen LogP contribution >= 0.6 is 0 Å². The lowest BCUT2D eigenvalue weighted by molar-refractivity contribution is 0.194. The number of aliphatic hydroxyl groups is 1. The highest BCUT2D eigenvalue weighted by Crippen LogP contribution is 2.47. The van der Waals surface area contributed by atoms with Crippen molar-refractivity contribution in [2.45, 2.75) is 39.2 Å². The standard InChI is InChI=1S/C21H25N5O2/c1-12-5-6-22-19(7-12)16-8-15(16)11-28-21-17(9-23-14(3)24-21)18-10-26(4)25-20(18)13(2)27/h5-7,9-10,13,15-16,27H,8,11H2,1-4H3. The second kappa shape index (κ2) is 7.31. The first-order chi connectivity index (χ1) is 13.4. The van der Waals surface area contributed by atoms with Crippen molar-refractivity contribution in [3.05, 3.63) is 53.5 Å². The molecule has 7 nitrogen and oxygen atoms in total. The summed E-state index contributed by atoms with van der Waals surface area (Å²) < 4.78 is 7.81. The molecule has 0 saturated heterocycles. The molecule has 0 amide bonds. The molecule has 0 aliphatic heterocycles. The van der Waals surface area contributed by atoms with Gasteiger partial charge in [-0.05, 0) is 44.9 Å². The lowest BCUT2D eigenvalue weighted by atomic mass is 10.1. The zero-order valence-electron chi connectivity index (χ0n) is 16.6. The van der Waals surface area contributed by atoms with E-state index in [-0.39, 0.29) is 0 Å². The fourth-order valence-electron chi connectivity index (χ4n) is 3.51. The van der Waals surface area contributed by atoms with Crippen LogP contribution in [0, 0.1) is 19.8 Å². The molecule has 0 aromatic carbocycles. The maximum absolute atomic E-state index is 10.1. The topological polar surface area (TPSA) is 86.0 Å². The van der Waals surface area contributed by atoms with E-state index in [1.807, 2.05) is 32.4 Å². The molecular weight excluding hydrogens is 354 g/mol. The first kappa shape index (κ1) is 18.6. The monoisotopic (exact) mass is 379 g/mol. The van der Waals surface area contributed by atoms with Gasteiger partial charge in [0.15, 0.2) is 0 Å². The SMILES string of the molecule is Cc1ccnc(C2CC2COc2nc(C)ncc2-c2cn(C)nc2C(C)O)c1. The maximum atomic E-state index is 10.1. The Hall–Kier alpha value is -2.80. The summed E-state index contributed by atoms with van der Waals surface area (Å²) in [7, 11) is 1.83. The number of nitrogens with zero attached hydrogens (tertiary/aromatic N) is 5. The smallest absolute Gasteiger partial charge is 0.224 e. The Morgan fingerprint density at radius 1 is 1.29 bits per heavy atom. The third-order valence-corrected chi connectivity index (χ3v) is 5.09. The molecule has 0 spiro atoms. The van der Waals surface area contributed by atoms with Crippen molar-refractivity contribution in [1.82, 2.24) is 24.7 Å². The van der Waals surface area contributed by atoms with Crippen LogP contribution < -0.4 is 4.74 Å². The number of ether oxygens (including phenoxy) is 1. The molecule has 3 atom stereocenters. The van der Waals surface area contributed by atoms with Gasteiger partial charge in [-0.1, -0.05) is 0 Å². The molecule has 3 unspecified atom stereocenters. The van der Waals surface area contributed by atoms with E-state index in [1.165, 1.54) is 5.56 Å². The summed E-state index contributed by atoms with van der Waals surface area (Å²) in [6.45, 7) is 6.20. The van der Waals surface area contributed by atoms with E-state index in [2.05, 4.69) is 33.0 Å². The molecule has 1 aliphatic rings. The van der Waals surface area contributed by atoms with Crippen LogP contribution in [0.15, 0.2) is 30.7 Å². The lowest BCUT2D eigenvalue weighted by Gasteiger charge is -2.11. The fourth-order valence-corrected chi connectivity index (χ4v) is 3.51. The summed E-state index contributed by atoms with van der Waals surface area (Å²) in [6.07, 6.45) is 5.85. The third kappa shape index (κ3) is 3.75. The molecule has 0 bridgehead atoms. The average molecular weight is 379 g/mol. The van der Waals surface area contributed by atoms with Gasteiger partial charge in [-0.15, -0.1) is 0 Å². The molecule has 3 heterocycles. The van der Waals surface area contributed by atoms with Crippen LogP contribution in [0.3, 0.4) is 0 Å². The second-order valence-corrected chi connectivity index (χ2v) is 7.59. The normalized spacial score (nSPS) is 19.5. The molecular formula is C21H25N5O2. The number of aromatic nitrogens is 5. The summed E-state index contributed by atoms with van der Waals surface area (Å²) in [5.74, 6) is 2.06. The van der Waals surface area contributed by atoms with Crippen molar-refractivity contribution in [2.75, 3.05) is 6.61 Å². The van der Waals surface area contributed by atoms with Crippen molar-refractivity contribution in [3.8, 4) is 17.0 Å². The van der Waals surface area contributed by atoms with Crippen LogP contribution in [0.2, 0.25) is 0 Å². The summed E-state index contributed by atoms with van der Waals surface area (Å²) >= 11 is 0. The van der Waals surface area contributed by atoms with E-state index in [0.29, 0.717) is 35.8 Å². The average Bonchev–Trinajstić information content (AvgIpc) is 3.33. The van der Waals surface area contributed by atoms with Crippen LogP contribution in [-0.4, -0.2) is 36.4 Å². The Balaban J connectivity index is 1.54. The molecule has 3 aromatic heterocycles. The van der Waals surface area contributed by atoms with Crippen LogP contribution in [-0.2, 0) is 7.05 Å². The van der Waals surface area contributed by atoms with E-state index < -0.39 is 6.10 Å². The maximum Gasteiger partial charge on any atom is 0.224 e. The highest BCUT2D eigenvalue weighted by atomic mass is 16.5. The van der Waals surface area contributed by atoms with Gasteiger partial charge in [0.1, 0.15) is 5.82 Å². The van der Waals surface area contributed by atoms with E-state index in [1.54, 1.807) is 17.8 Å². The number of hydrogen-bond acceptors (Lipinski definition) is 6. The molecule has 28 heavy (non-hydrogen) atoms. The summed E-state index contributed by atoms with van der Waals surface area (Å²) in [5.41, 5.74) is 4.50. The first-order valence-corrected chi connectivity index (χ1v) is 9.53. The highest BCUT2D eigenvalue weighted by Gasteiger charge is 2.40. The molecule has 4 rings (SSSR count). The van der Waals surface area contributed by atoms with E-state index in [4.69, 9.17) is 4.74 Å². The molecule has 1 fully saturated rings. The van der Waals surface area contributed by atoms with Gasteiger partial charge in [0.25, 0.3) is 0 Å². The molecule has 1 N–H and O–H groups in total. The van der Waals surface area contributed by atoms with Gasteiger partial charge < -0.3 is 9.84 Å². The van der Waals surface area contributed by atoms with Gasteiger partial charge in [0.05, 0.1) is 24.0 Å². The molecule has 146 valence electrons. The van der Waals surface area contributed by atoms with Crippen molar-refractivity contribution >= 4 is 0 Å². The minimum atomic E-state index is -0.689. The van der Waals surface area contributed by atoms with E-state index in [0.717, 1.165) is 23.2 Å². The minimum Gasteiger partial charge on any atom is -0.477 e. The zero-order chi connectivity index (χ0) is 19.8. The largest absolute Gasteiger partial charge is 0.477 e. The predicted octanol–water partition coefficient (Wildman–Crippen LogP) is 3.12. The first-order valence-electron chi connectivity index (χ1n) is 9.53. The number of pyridine rings is 1. The number of hydrogen-bond donors (Lipinski definition) is 1. The van der Waals surface area contributed by atoms with Crippen molar-refractivity contribution in [1.29, 1.82) is 0 Å². The summed E-state index contributed by atoms with van der Waals surface area (Å²) in [4.78, 5) is 13.3. The van der Waals surface area contributed by atoms with Crippen LogP contribution in [0.4, 0.5) is 0 Å². The van der Waals surface area contributed by atoms with Crippen molar-refractivity contribution < 1.29 is 9.84 Å². The van der Waals surface area contributed by atoms with Crippen LogP contribution in [0.25, 0.3) is 11.1 Å². The molecule has 3 aromatic rings. The van der Waals surface area contributed by atoms with E-state index in [9.17, 15) is 5.11 Å². The summed E-state index contributed by atoms with van der Waals surface area (Å²) in [6, 6.07) is 4.16. The highest BCUT2D eigenvalue weighted by molar-refractivity contribution is 5.69. The number of aryl methyl sites for hydroxylation is 3. The van der Waals surface area contributed by atoms with Gasteiger partial charge in [0.2, 0.25) is 5.88 Å². The molecule has 7 heteroatoms. The van der Waals surface area contributed by atoms with Crippen molar-refractivity contribution in [2.24, 2.45) is 13.0 Å². The lowest BCUT2D eigenvalue weighted by Crippen LogP contribution is -2.06. The Morgan fingerprint density at radius 3 is 2.86 bits per heavy atom. The molecule has 1 saturated carbocycles. The Kier molecular flexibility index (Phi) is 4.85. The van der Waals surface area contributed by atoms with Gasteiger partial charge in [0, 0.05) is 48.7 Å². The predicted molar refractivity (Wildman–Crippen MR) is 105 cm³/mol. The fraction of sp³-hybridized carbons (Fsp3) is 0.429. The number of aliphatic hydroxyl groups excluding tert-OH is 1. The molecule has 0 radical (unpaired) electrons. The zero-order valence-corrected chi connectivity index (χ0v) is 16.6. The number of rotatable bonds is 6. The van der Waals surface area contributed by atoms with Gasteiger partial charge >= 0.3 is 0 Å². The second-order valence-electron chi connectivity index (χ2n) is 7.59. The van der Waals surface area contributed by atoms with Crippen molar-refractivity contribution in [3.63, 3.8) is 0 Å². The Bertz CT molecular complexity index is 998. The quantitative estimate of drug-likeness (QED) is 0.708. The Labute approximate surface area is 164 Å². The Morgan fingerprint density at radius 2 is 2.11 bits per heavy atom.